The fourth-order valence-electron chi connectivity index (χ4n) is 4.21. The number of nitrogen functional groups attached to an aromatic ring is 1. The third-order valence-electron chi connectivity index (χ3n) is 5.67. The number of aryl methyl sites for hydroxylation is 1. The zero-order chi connectivity index (χ0) is 19.7. The van der Waals surface area contributed by atoms with E-state index in [1.54, 1.807) is 6.92 Å². The Morgan fingerprint density at radius 3 is 2.68 bits per heavy atom. The molecule has 2 aromatic rings. The highest BCUT2D eigenvalue weighted by molar-refractivity contribution is 6.32. The number of hydrogen-bond donors (Lipinski definition) is 2. The number of aromatic nitrogens is 4. The lowest BCUT2D eigenvalue weighted by molar-refractivity contribution is 0.0936. The highest BCUT2D eigenvalue weighted by atomic mass is 35.5. The van der Waals surface area contributed by atoms with Gasteiger partial charge in [-0.1, -0.05) is 18.5 Å². The van der Waals surface area contributed by atoms with Gasteiger partial charge in [0.15, 0.2) is 22.5 Å². The average Bonchev–Trinajstić information content (AvgIpc) is 3.15. The molecule has 2 saturated heterocycles. The normalized spacial score (nSPS) is 22.0. The van der Waals surface area contributed by atoms with Crippen molar-refractivity contribution in [2.45, 2.75) is 45.2 Å². The number of nitrogens with one attached hydrogen (secondary N) is 1. The van der Waals surface area contributed by atoms with Crippen LogP contribution in [0.25, 0.3) is 11.6 Å². The van der Waals surface area contributed by atoms with Gasteiger partial charge in [0.05, 0.1) is 0 Å². The molecular formula is C18H27ClN8O. The quantitative estimate of drug-likeness (QED) is 0.784. The molecule has 0 bridgehead atoms. The van der Waals surface area contributed by atoms with Gasteiger partial charge in [-0.15, -0.1) is 10.2 Å². The number of halogens is 1. The summed E-state index contributed by atoms with van der Waals surface area (Å²) in [6.07, 6.45) is 3.50. The number of piperidine rings is 1. The molecule has 0 aromatic carbocycles. The minimum atomic E-state index is 0.234. The van der Waals surface area contributed by atoms with Gasteiger partial charge in [-0.05, 0) is 32.4 Å². The molecule has 9 nitrogen and oxygen atoms in total. The molecule has 2 aliphatic rings. The number of piperazine rings is 1. The fraction of sp³-hybridized carbons (Fsp3) is 0.667. The Morgan fingerprint density at radius 1 is 1.21 bits per heavy atom. The molecular weight excluding hydrogens is 380 g/mol. The molecule has 2 fully saturated rings. The third kappa shape index (κ3) is 3.78. The predicted molar refractivity (Wildman–Crippen MR) is 108 cm³/mol. The fourth-order valence-corrected chi connectivity index (χ4v) is 4.46. The topological polar surface area (TPSA) is 109 Å². The van der Waals surface area contributed by atoms with Crippen molar-refractivity contribution >= 4 is 23.2 Å². The van der Waals surface area contributed by atoms with Crippen LogP contribution in [-0.4, -0.2) is 69.9 Å². The molecule has 0 saturated carbocycles. The van der Waals surface area contributed by atoms with Crippen molar-refractivity contribution in [2.75, 3.05) is 43.4 Å². The van der Waals surface area contributed by atoms with Crippen LogP contribution in [0.3, 0.4) is 0 Å². The Kier molecular flexibility index (Phi) is 5.65. The molecule has 0 spiro atoms. The van der Waals surface area contributed by atoms with Gasteiger partial charge in [-0.3, -0.25) is 4.90 Å². The van der Waals surface area contributed by atoms with Gasteiger partial charge >= 0.3 is 0 Å². The van der Waals surface area contributed by atoms with Gasteiger partial charge in [0.2, 0.25) is 5.89 Å². The van der Waals surface area contributed by atoms with Gasteiger partial charge in [0.1, 0.15) is 0 Å². The monoisotopic (exact) mass is 406 g/mol. The highest BCUT2D eigenvalue weighted by Crippen LogP contribution is 2.31. The second-order valence-corrected chi connectivity index (χ2v) is 7.78. The van der Waals surface area contributed by atoms with Gasteiger partial charge < -0.3 is 20.4 Å². The van der Waals surface area contributed by atoms with E-state index in [0.717, 1.165) is 39.1 Å². The molecule has 3 N–H and O–H groups in total. The maximum Gasteiger partial charge on any atom is 0.270 e. The summed E-state index contributed by atoms with van der Waals surface area (Å²) >= 11 is 6.48. The van der Waals surface area contributed by atoms with Crippen LogP contribution >= 0.6 is 11.6 Å². The lowest BCUT2D eigenvalue weighted by atomic mass is 9.99. The van der Waals surface area contributed by atoms with E-state index in [1.807, 2.05) is 0 Å². The Bertz CT molecular complexity index is 822. The maximum atomic E-state index is 6.48. The van der Waals surface area contributed by atoms with Crippen LogP contribution in [0.1, 0.15) is 32.1 Å². The highest BCUT2D eigenvalue weighted by Gasteiger charge is 2.33. The van der Waals surface area contributed by atoms with Crippen LogP contribution in [0, 0.1) is 6.92 Å². The second kappa shape index (κ2) is 8.18. The molecule has 0 radical (unpaired) electrons. The molecule has 2 aliphatic heterocycles. The first-order valence-corrected chi connectivity index (χ1v) is 10.3. The van der Waals surface area contributed by atoms with Crippen LogP contribution in [-0.2, 0) is 0 Å². The summed E-state index contributed by atoms with van der Waals surface area (Å²) in [4.78, 5) is 13.8. The Balaban J connectivity index is 1.53. The largest absolute Gasteiger partial charge is 0.420 e. The van der Waals surface area contributed by atoms with E-state index in [1.165, 1.54) is 12.8 Å². The average molecular weight is 407 g/mol. The molecule has 10 heteroatoms. The molecule has 28 heavy (non-hydrogen) atoms. The SMILES string of the molecule is CC[C@H]1CN(c2nc(N)c(-c3nnc(C)o3)nc2Cl)CCN1C1CCNCC1. The van der Waals surface area contributed by atoms with E-state index in [4.69, 9.17) is 21.8 Å². The van der Waals surface area contributed by atoms with E-state index in [9.17, 15) is 0 Å². The standard InChI is InChI=1S/C18H27ClN8O/c1-3-12-10-26(8-9-27(12)13-4-6-21-7-5-13)17-15(19)22-14(16(20)23-17)18-25-24-11(2)28-18/h12-13,21H,3-10H2,1-2H3,(H2,20,23)/t12-/m0/s1. The summed E-state index contributed by atoms with van der Waals surface area (Å²) in [6, 6.07) is 1.12. The third-order valence-corrected chi connectivity index (χ3v) is 5.92. The van der Waals surface area contributed by atoms with Crippen molar-refractivity contribution in [1.82, 2.24) is 30.4 Å². The van der Waals surface area contributed by atoms with Crippen molar-refractivity contribution < 1.29 is 4.42 Å². The van der Waals surface area contributed by atoms with Crippen molar-refractivity contribution in [3.05, 3.63) is 11.0 Å². The Morgan fingerprint density at radius 2 is 2.00 bits per heavy atom. The van der Waals surface area contributed by atoms with Crippen molar-refractivity contribution in [3.63, 3.8) is 0 Å². The van der Waals surface area contributed by atoms with Crippen LogP contribution < -0.4 is 16.0 Å². The molecule has 152 valence electrons. The van der Waals surface area contributed by atoms with E-state index in [0.29, 0.717) is 34.6 Å². The summed E-state index contributed by atoms with van der Waals surface area (Å²) in [5.41, 5.74) is 6.47. The number of anilines is 2. The molecule has 2 aromatic heterocycles. The summed E-state index contributed by atoms with van der Waals surface area (Å²) in [5, 5.41) is 11.5. The van der Waals surface area contributed by atoms with Crippen LogP contribution in [0.2, 0.25) is 5.15 Å². The molecule has 4 heterocycles. The summed E-state index contributed by atoms with van der Waals surface area (Å²) < 4.78 is 5.42. The first-order valence-electron chi connectivity index (χ1n) is 9.91. The van der Waals surface area contributed by atoms with Crippen LogP contribution in [0.15, 0.2) is 4.42 Å². The van der Waals surface area contributed by atoms with E-state index in [2.05, 4.69) is 42.2 Å². The Hall–Kier alpha value is -1.97. The van der Waals surface area contributed by atoms with E-state index >= 15 is 0 Å². The molecule has 0 amide bonds. The lowest BCUT2D eigenvalue weighted by Crippen LogP contribution is -2.58. The summed E-state index contributed by atoms with van der Waals surface area (Å²) in [5.74, 6) is 1.55. The first-order chi connectivity index (χ1) is 13.6. The molecule has 0 aliphatic carbocycles. The zero-order valence-electron chi connectivity index (χ0n) is 16.4. The minimum Gasteiger partial charge on any atom is -0.420 e. The van der Waals surface area contributed by atoms with Crippen molar-refractivity contribution in [3.8, 4) is 11.6 Å². The summed E-state index contributed by atoms with van der Waals surface area (Å²) in [6.45, 7) is 8.87. The lowest BCUT2D eigenvalue weighted by Gasteiger charge is -2.46. The van der Waals surface area contributed by atoms with Gasteiger partial charge in [-0.2, -0.15) is 0 Å². The smallest absolute Gasteiger partial charge is 0.270 e. The van der Waals surface area contributed by atoms with Crippen LogP contribution in [0.5, 0.6) is 0 Å². The summed E-state index contributed by atoms with van der Waals surface area (Å²) in [7, 11) is 0. The van der Waals surface area contributed by atoms with Crippen LogP contribution in [0.4, 0.5) is 11.6 Å². The molecule has 0 unspecified atom stereocenters. The van der Waals surface area contributed by atoms with Gasteiger partial charge in [0, 0.05) is 38.6 Å². The Labute approximate surface area is 169 Å². The van der Waals surface area contributed by atoms with E-state index < -0.39 is 0 Å². The first kappa shape index (κ1) is 19.4. The molecule has 4 rings (SSSR count). The zero-order valence-corrected chi connectivity index (χ0v) is 17.1. The van der Waals surface area contributed by atoms with Gasteiger partial charge in [0.25, 0.3) is 5.89 Å². The van der Waals surface area contributed by atoms with Gasteiger partial charge in [-0.25, -0.2) is 9.97 Å². The predicted octanol–water partition coefficient (Wildman–Crippen LogP) is 1.72. The van der Waals surface area contributed by atoms with E-state index in [-0.39, 0.29) is 11.7 Å². The molecule has 1 atom stereocenters. The van der Waals surface area contributed by atoms with Crippen molar-refractivity contribution in [1.29, 1.82) is 0 Å². The minimum absolute atomic E-state index is 0.234. The number of nitrogens with zero attached hydrogens (tertiary/aromatic N) is 6. The maximum absolute atomic E-state index is 6.48. The second-order valence-electron chi connectivity index (χ2n) is 7.43. The number of rotatable bonds is 4. The van der Waals surface area contributed by atoms with Crippen molar-refractivity contribution in [2.24, 2.45) is 0 Å². The number of hydrogen-bond acceptors (Lipinski definition) is 9. The number of nitrogens with two attached hydrogens (primary N) is 1.